The summed E-state index contributed by atoms with van der Waals surface area (Å²) in [6.07, 6.45) is 1.35. The van der Waals surface area contributed by atoms with E-state index in [-0.39, 0.29) is 21.5 Å². The maximum absolute atomic E-state index is 12.8. The molecule has 0 saturated carbocycles. The number of aromatic hydroxyl groups is 1. The Morgan fingerprint density at radius 1 is 1.08 bits per heavy atom. The highest BCUT2D eigenvalue weighted by molar-refractivity contribution is 7.80. The van der Waals surface area contributed by atoms with Crippen molar-refractivity contribution in [1.29, 1.82) is 0 Å². The van der Waals surface area contributed by atoms with Crippen LogP contribution in [0.5, 0.6) is 5.75 Å². The van der Waals surface area contributed by atoms with Gasteiger partial charge in [-0.2, -0.15) is 0 Å². The van der Waals surface area contributed by atoms with Crippen molar-refractivity contribution in [3.63, 3.8) is 0 Å². The van der Waals surface area contributed by atoms with Crippen molar-refractivity contribution in [1.82, 2.24) is 5.32 Å². The van der Waals surface area contributed by atoms with Crippen LogP contribution in [-0.4, -0.2) is 22.0 Å². The van der Waals surface area contributed by atoms with E-state index in [1.165, 1.54) is 29.2 Å². The first-order chi connectivity index (χ1) is 11.9. The van der Waals surface area contributed by atoms with Crippen molar-refractivity contribution in [3.8, 4) is 5.75 Å². The first kappa shape index (κ1) is 17.4. The fourth-order valence-electron chi connectivity index (χ4n) is 2.27. The highest BCUT2D eigenvalue weighted by Gasteiger charge is 2.34. The Morgan fingerprint density at radius 3 is 2.40 bits per heavy atom. The maximum atomic E-state index is 12.8. The highest BCUT2D eigenvalue weighted by atomic mass is 35.5. The zero-order valence-corrected chi connectivity index (χ0v) is 14.8. The summed E-state index contributed by atoms with van der Waals surface area (Å²) in [6.45, 7) is 0. The Kier molecular flexibility index (Phi) is 4.76. The number of benzene rings is 2. The fraction of sp³-hybridized carbons (Fsp3) is 0. The monoisotopic (exact) mass is 392 g/mol. The van der Waals surface area contributed by atoms with Crippen LogP contribution in [0.1, 0.15) is 5.56 Å². The van der Waals surface area contributed by atoms with Crippen molar-refractivity contribution < 1.29 is 14.7 Å². The number of amides is 2. The fourth-order valence-corrected chi connectivity index (χ4v) is 2.91. The molecule has 0 aliphatic carbocycles. The molecule has 2 aromatic rings. The topological polar surface area (TPSA) is 69.6 Å². The Bertz CT molecular complexity index is 926. The van der Waals surface area contributed by atoms with E-state index in [9.17, 15) is 14.7 Å². The van der Waals surface area contributed by atoms with Gasteiger partial charge in [-0.15, -0.1) is 0 Å². The van der Waals surface area contributed by atoms with Crippen LogP contribution in [0.4, 0.5) is 5.69 Å². The van der Waals surface area contributed by atoms with Gasteiger partial charge in [-0.3, -0.25) is 19.8 Å². The molecular formula is C17H10Cl2N2O3S. The van der Waals surface area contributed by atoms with Gasteiger partial charge in [-0.1, -0.05) is 23.2 Å². The van der Waals surface area contributed by atoms with Gasteiger partial charge in [0, 0.05) is 5.02 Å². The average molecular weight is 393 g/mol. The Labute approximate surface area is 158 Å². The molecule has 0 bridgehead atoms. The van der Waals surface area contributed by atoms with E-state index >= 15 is 0 Å². The summed E-state index contributed by atoms with van der Waals surface area (Å²) in [5.41, 5.74) is 0.764. The van der Waals surface area contributed by atoms with Gasteiger partial charge >= 0.3 is 0 Å². The van der Waals surface area contributed by atoms with Gasteiger partial charge in [0.2, 0.25) is 0 Å². The third kappa shape index (κ3) is 3.51. The lowest BCUT2D eigenvalue weighted by molar-refractivity contribution is -0.122. The second kappa shape index (κ2) is 6.84. The molecule has 25 heavy (non-hydrogen) atoms. The number of nitrogens with zero attached hydrogens (tertiary/aromatic N) is 1. The van der Waals surface area contributed by atoms with Crippen LogP contribution >= 0.6 is 35.4 Å². The van der Waals surface area contributed by atoms with Crippen LogP contribution in [0.3, 0.4) is 0 Å². The second-order valence-corrected chi connectivity index (χ2v) is 6.37. The molecule has 1 fully saturated rings. The van der Waals surface area contributed by atoms with Gasteiger partial charge in [-0.05, 0) is 66.3 Å². The van der Waals surface area contributed by atoms with Gasteiger partial charge in [-0.25, -0.2) is 0 Å². The number of carbonyl (C=O) groups excluding carboxylic acids is 2. The smallest absolute Gasteiger partial charge is 0.270 e. The minimum atomic E-state index is -0.621. The molecule has 0 aromatic heterocycles. The molecule has 0 spiro atoms. The van der Waals surface area contributed by atoms with E-state index in [4.69, 9.17) is 35.4 Å². The van der Waals surface area contributed by atoms with Crippen molar-refractivity contribution in [2.75, 3.05) is 4.90 Å². The first-order valence-corrected chi connectivity index (χ1v) is 8.19. The predicted octanol–water partition coefficient (Wildman–Crippen LogP) is 3.53. The number of thiocarbonyl (C=S) groups is 1. The number of anilines is 1. The molecule has 1 aliphatic rings. The molecule has 1 aliphatic heterocycles. The van der Waals surface area contributed by atoms with Gasteiger partial charge in [0.15, 0.2) is 5.11 Å². The van der Waals surface area contributed by atoms with E-state index in [0.717, 1.165) is 0 Å². The molecular weight excluding hydrogens is 383 g/mol. The van der Waals surface area contributed by atoms with Gasteiger partial charge in [0.1, 0.15) is 11.3 Å². The SMILES string of the molecule is O=C1NC(=S)N(c2ccc(Cl)cc2)C(=O)/C1=C/c1ccc(O)cc1Cl. The Hall–Kier alpha value is -2.41. The highest BCUT2D eigenvalue weighted by Crippen LogP contribution is 2.27. The van der Waals surface area contributed by atoms with E-state index in [1.54, 1.807) is 24.3 Å². The van der Waals surface area contributed by atoms with Crippen LogP contribution in [-0.2, 0) is 9.59 Å². The van der Waals surface area contributed by atoms with Crippen molar-refractivity contribution in [2.45, 2.75) is 0 Å². The second-order valence-electron chi connectivity index (χ2n) is 5.14. The standard InChI is InChI=1S/C17H10Cl2N2O3S/c18-10-2-4-11(5-3-10)21-16(24)13(15(23)20-17(21)25)7-9-1-6-12(22)8-14(9)19/h1-8,22H,(H,20,23,25)/b13-7+. The van der Waals surface area contributed by atoms with Crippen LogP contribution in [0.25, 0.3) is 6.08 Å². The molecule has 2 N–H and O–H groups in total. The molecule has 0 radical (unpaired) electrons. The maximum Gasteiger partial charge on any atom is 0.270 e. The number of nitrogens with one attached hydrogen (secondary N) is 1. The van der Waals surface area contributed by atoms with E-state index in [1.807, 2.05) is 0 Å². The lowest BCUT2D eigenvalue weighted by atomic mass is 10.1. The molecule has 126 valence electrons. The summed E-state index contributed by atoms with van der Waals surface area (Å²) >= 11 is 17.0. The number of hydrogen-bond donors (Lipinski definition) is 2. The van der Waals surface area contributed by atoms with Crippen LogP contribution in [0, 0.1) is 0 Å². The average Bonchev–Trinajstić information content (AvgIpc) is 2.55. The largest absolute Gasteiger partial charge is 0.508 e. The summed E-state index contributed by atoms with van der Waals surface area (Å²) in [5.74, 6) is -1.22. The predicted molar refractivity (Wildman–Crippen MR) is 101 cm³/mol. The normalized spacial score (nSPS) is 16.3. The van der Waals surface area contributed by atoms with Crippen molar-refractivity contribution in [2.24, 2.45) is 0 Å². The molecule has 3 rings (SSSR count). The lowest BCUT2D eigenvalue weighted by Gasteiger charge is -2.29. The quantitative estimate of drug-likeness (QED) is 0.465. The molecule has 0 atom stereocenters. The molecule has 2 aromatic carbocycles. The zero-order chi connectivity index (χ0) is 18.1. The van der Waals surface area contributed by atoms with Crippen molar-refractivity contribution >= 4 is 64.1 Å². The van der Waals surface area contributed by atoms with Gasteiger partial charge < -0.3 is 5.11 Å². The molecule has 8 heteroatoms. The zero-order valence-electron chi connectivity index (χ0n) is 12.5. The van der Waals surface area contributed by atoms with E-state index in [2.05, 4.69) is 5.32 Å². The minimum Gasteiger partial charge on any atom is -0.508 e. The first-order valence-electron chi connectivity index (χ1n) is 7.02. The Balaban J connectivity index is 2.03. The van der Waals surface area contributed by atoms with E-state index < -0.39 is 11.8 Å². The summed E-state index contributed by atoms with van der Waals surface area (Å²) in [7, 11) is 0. The lowest BCUT2D eigenvalue weighted by Crippen LogP contribution is -2.54. The number of phenolic OH excluding ortho intramolecular Hbond substituents is 1. The third-order valence-electron chi connectivity index (χ3n) is 3.47. The van der Waals surface area contributed by atoms with E-state index in [0.29, 0.717) is 16.3 Å². The molecule has 1 saturated heterocycles. The van der Waals surface area contributed by atoms with Crippen LogP contribution in [0.2, 0.25) is 10.0 Å². The number of halogens is 2. The van der Waals surface area contributed by atoms with Crippen LogP contribution < -0.4 is 10.2 Å². The number of hydrogen-bond acceptors (Lipinski definition) is 4. The van der Waals surface area contributed by atoms with Gasteiger partial charge in [0.05, 0.1) is 10.7 Å². The third-order valence-corrected chi connectivity index (χ3v) is 4.33. The summed E-state index contributed by atoms with van der Waals surface area (Å²) in [4.78, 5) is 26.2. The minimum absolute atomic E-state index is 0.0180. The van der Waals surface area contributed by atoms with Gasteiger partial charge in [0.25, 0.3) is 11.8 Å². The molecule has 2 amide bonds. The number of rotatable bonds is 2. The summed E-state index contributed by atoms with van der Waals surface area (Å²) < 4.78 is 0. The summed E-state index contributed by atoms with van der Waals surface area (Å²) in [6, 6.07) is 10.7. The molecule has 5 nitrogen and oxygen atoms in total. The number of carbonyl (C=O) groups is 2. The van der Waals surface area contributed by atoms with Crippen LogP contribution in [0.15, 0.2) is 48.0 Å². The number of phenols is 1. The molecule has 1 heterocycles. The van der Waals surface area contributed by atoms with Crippen molar-refractivity contribution in [3.05, 3.63) is 63.6 Å². The Morgan fingerprint density at radius 2 is 1.76 bits per heavy atom. The molecule has 0 unspecified atom stereocenters. The summed E-state index contributed by atoms with van der Waals surface area (Å²) in [5, 5.41) is 12.6.